The van der Waals surface area contributed by atoms with E-state index in [1.165, 1.54) is 0 Å². The van der Waals surface area contributed by atoms with E-state index in [1.54, 1.807) is 20.8 Å². The van der Waals surface area contributed by atoms with E-state index in [0.717, 1.165) is 0 Å². The van der Waals surface area contributed by atoms with Gasteiger partial charge in [0.1, 0.15) is 0 Å². The highest BCUT2D eigenvalue weighted by Gasteiger charge is 2.34. The average molecular weight is 172 g/mol. The number of ether oxygens (including phenoxy) is 2. The molecule has 0 atom stereocenters. The zero-order valence-corrected chi connectivity index (χ0v) is 7.33. The summed E-state index contributed by atoms with van der Waals surface area (Å²) < 4.78 is 10.1. The summed E-state index contributed by atoms with van der Waals surface area (Å²) in [5.41, 5.74) is 0.910. The molecule has 1 rings (SSSR count). The minimum absolute atomic E-state index is 0.202. The van der Waals surface area contributed by atoms with Crippen LogP contribution < -0.4 is 0 Å². The van der Waals surface area contributed by atoms with Gasteiger partial charge in [-0.3, -0.25) is 0 Å². The van der Waals surface area contributed by atoms with Gasteiger partial charge in [-0.25, -0.2) is 4.79 Å². The number of hydrogen-bond acceptors (Lipinski definition) is 3. The summed E-state index contributed by atoms with van der Waals surface area (Å²) in [5, 5.41) is 8.75. The van der Waals surface area contributed by atoms with Gasteiger partial charge < -0.3 is 14.6 Å². The predicted octanol–water partition coefficient (Wildman–Crippen LogP) is 1.13. The molecule has 1 fully saturated rings. The molecule has 0 aromatic carbocycles. The molecule has 1 saturated heterocycles. The maximum Gasteiger partial charge on any atom is 0.336 e. The van der Waals surface area contributed by atoms with Gasteiger partial charge in [-0.15, -0.1) is 0 Å². The van der Waals surface area contributed by atoms with E-state index in [9.17, 15) is 4.79 Å². The summed E-state index contributed by atoms with van der Waals surface area (Å²) in [5.74, 6) is -0.980. The Morgan fingerprint density at radius 1 is 1.33 bits per heavy atom. The molecular formula is C8H12O4. The molecule has 0 unspecified atom stereocenters. The standard InChI is InChI=1S/C8H12O4/c1-4(2)6(7(9)10)8-11-5(3)12-8/h5,8H,1-3H3,(H,9,10). The number of rotatable bonds is 2. The Morgan fingerprint density at radius 3 is 2.08 bits per heavy atom. The molecule has 0 aromatic rings. The molecule has 1 aliphatic rings. The minimum Gasteiger partial charge on any atom is -0.478 e. The molecule has 1 aliphatic heterocycles. The van der Waals surface area contributed by atoms with Crippen molar-refractivity contribution in [3.05, 3.63) is 11.1 Å². The molecular weight excluding hydrogens is 160 g/mol. The van der Waals surface area contributed by atoms with E-state index >= 15 is 0 Å². The van der Waals surface area contributed by atoms with Gasteiger partial charge in [0.15, 0.2) is 12.6 Å². The number of aliphatic carboxylic acids is 1. The number of carboxylic acids is 1. The van der Waals surface area contributed by atoms with Gasteiger partial charge in [0.05, 0.1) is 5.57 Å². The first-order valence-corrected chi connectivity index (χ1v) is 3.74. The minimum atomic E-state index is -0.980. The molecule has 12 heavy (non-hydrogen) atoms. The van der Waals surface area contributed by atoms with Gasteiger partial charge in [0.2, 0.25) is 0 Å². The second-order valence-corrected chi connectivity index (χ2v) is 2.89. The highest BCUT2D eigenvalue weighted by molar-refractivity contribution is 5.88. The monoisotopic (exact) mass is 172 g/mol. The third-order valence-corrected chi connectivity index (χ3v) is 1.64. The van der Waals surface area contributed by atoms with Gasteiger partial charge in [-0.2, -0.15) is 0 Å². The fourth-order valence-electron chi connectivity index (χ4n) is 1.04. The van der Waals surface area contributed by atoms with Crippen molar-refractivity contribution >= 4 is 5.97 Å². The molecule has 0 spiro atoms. The van der Waals surface area contributed by atoms with E-state index in [0.29, 0.717) is 5.57 Å². The van der Waals surface area contributed by atoms with E-state index < -0.39 is 12.3 Å². The zero-order chi connectivity index (χ0) is 9.30. The highest BCUT2D eigenvalue weighted by atomic mass is 16.9. The van der Waals surface area contributed by atoms with Crippen molar-refractivity contribution in [2.75, 3.05) is 0 Å². The molecule has 68 valence electrons. The number of hydrogen-bond donors (Lipinski definition) is 1. The fourth-order valence-corrected chi connectivity index (χ4v) is 1.04. The first kappa shape index (κ1) is 9.22. The molecule has 0 bridgehead atoms. The van der Waals surface area contributed by atoms with E-state index in [1.807, 2.05) is 0 Å². The van der Waals surface area contributed by atoms with Crippen molar-refractivity contribution in [1.29, 1.82) is 0 Å². The molecule has 1 heterocycles. The Kier molecular flexibility index (Phi) is 2.49. The van der Waals surface area contributed by atoms with Gasteiger partial charge in [-0.1, -0.05) is 5.57 Å². The van der Waals surface area contributed by atoms with Crippen LogP contribution in [0.5, 0.6) is 0 Å². The summed E-state index contributed by atoms with van der Waals surface area (Å²) in [6, 6.07) is 0. The number of carboxylic acid groups (broad SMARTS) is 1. The summed E-state index contributed by atoms with van der Waals surface area (Å²) >= 11 is 0. The van der Waals surface area contributed by atoms with Crippen molar-refractivity contribution < 1.29 is 19.4 Å². The molecule has 0 aliphatic carbocycles. The van der Waals surface area contributed by atoms with Crippen LogP contribution in [0.15, 0.2) is 11.1 Å². The normalized spacial score (nSPS) is 27.6. The van der Waals surface area contributed by atoms with Crippen LogP contribution in [0.25, 0.3) is 0 Å². The van der Waals surface area contributed by atoms with Crippen molar-refractivity contribution in [1.82, 2.24) is 0 Å². The van der Waals surface area contributed by atoms with Crippen LogP contribution in [0.1, 0.15) is 20.8 Å². The molecule has 4 nitrogen and oxygen atoms in total. The number of allylic oxidation sites excluding steroid dienone is 1. The van der Waals surface area contributed by atoms with E-state index in [-0.39, 0.29) is 11.9 Å². The van der Waals surface area contributed by atoms with Crippen LogP contribution in [0, 0.1) is 0 Å². The van der Waals surface area contributed by atoms with E-state index in [4.69, 9.17) is 14.6 Å². The van der Waals surface area contributed by atoms with Gasteiger partial charge >= 0.3 is 5.97 Å². The Hall–Kier alpha value is -0.870. The maximum absolute atomic E-state index is 10.7. The summed E-state index contributed by atoms with van der Waals surface area (Å²) in [4.78, 5) is 10.7. The van der Waals surface area contributed by atoms with Crippen molar-refractivity contribution in [2.45, 2.75) is 33.4 Å². The Morgan fingerprint density at radius 2 is 1.83 bits per heavy atom. The fraction of sp³-hybridized carbons (Fsp3) is 0.625. The zero-order valence-electron chi connectivity index (χ0n) is 7.33. The highest BCUT2D eigenvalue weighted by Crippen LogP contribution is 2.25. The first-order chi connectivity index (χ1) is 5.52. The van der Waals surface area contributed by atoms with Crippen LogP contribution in [-0.4, -0.2) is 23.7 Å². The molecule has 4 heteroatoms. The lowest BCUT2D eigenvalue weighted by Crippen LogP contribution is -2.42. The molecule has 0 saturated carbocycles. The quantitative estimate of drug-likeness (QED) is 0.634. The van der Waals surface area contributed by atoms with Crippen molar-refractivity contribution in [2.24, 2.45) is 0 Å². The van der Waals surface area contributed by atoms with Crippen LogP contribution in [-0.2, 0) is 14.3 Å². The molecule has 0 aromatic heterocycles. The van der Waals surface area contributed by atoms with Crippen molar-refractivity contribution in [3.8, 4) is 0 Å². The molecule has 0 radical (unpaired) electrons. The maximum atomic E-state index is 10.7. The van der Waals surface area contributed by atoms with Crippen LogP contribution in [0.3, 0.4) is 0 Å². The van der Waals surface area contributed by atoms with E-state index in [2.05, 4.69) is 0 Å². The Bertz CT molecular complexity index is 221. The van der Waals surface area contributed by atoms with Gasteiger partial charge in [-0.05, 0) is 20.8 Å². The Labute approximate surface area is 70.8 Å². The average Bonchev–Trinajstić information content (AvgIpc) is 1.82. The SMILES string of the molecule is CC(C)=C(C(=O)O)C1OC(C)O1. The summed E-state index contributed by atoms with van der Waals surface area (Å²) in [6.45, 7) is 5.17. The van der Waals surface area contributed by atoms with Gasteiger partial charge in [0.25, 0.3) is 0 Å². The molecule has 1 N–H and O–H groups in total. The second-order valence-electron chi connectivity index (χ2n) is 2.89. The van der Waals surface area contributed by atoms with Gasteiger partial charge in [0, 0.05) is 0 Å². The van der Waals surface area contributed by atoms with Crippen LogP contribution in [0.2, 0.25) is 0 Å². The Balaban J connectivity index is 2.70. The molecule has 0 amide bonds. The summed E-state index contributed by atoms with van der Waals surface area (Å²) in [6.07, 6.45) is -0.966. The smallest absolute Gasteiger partial charge is 0.336 e. The summed E-state index contributed by atoms with van der Waals surface area (Å²) in [7, 11) is 0. The largest absolute Gasteiger partial charge is 0.478 e. The lowest BCUT2D eigenvalue weighted by Gasteiger charge is -2.34. The van der Waals surface area contributed by atoms with Crippen molar-refractivity contribution in [3.63, 3.8) is 0 Å². The lowest BCUT2D eigenvalue weighted by molar-refractivity contribution is -0.358. The third-order valence-electron chi connectivity index (χ3n) is 1.64. The third kappa shape index (κ3) is 1.65. The van der Waals surface area contributed by atoms with Crippen LogP contribution >= 0.6 is 0 Å². The lowest BCUT2D eigenvalue weighted by atomic mass is 10.1. The van der Waals surface area contributed by atoms with Crippen LogP contribution in [0.4, 0.5) is 0 Å². The predicted molar refractivity (Wildman–Crippen MR) is 41.4 cm³/mol. The first-order valence-electron chi connectivity index (χ1n) is 3.74. The second kappa shape index (κ2) is 3.25. The number of carbonyl (C=O) groups is 1. The topological polar surface area (TPSA) is 55.8 Å².